The Morgan fingerprint density at radius 1 is 0.256 bits per heavy atom. The summed E-state index contributed by atoms with van der Waals surface area (Å²) in [6.45, 7) is 32.0. The molecule has 15 aromatic carbocycles. The summed E-state index contributed by atoms with van der Waals surface area (Å²) in [6.07, 6.45) is 0. The number of rotatable bonds is 11. The molecular formula is C113H100BN7. The van der Waals surface area contributed by atoms with Crippen molar-refractivity contribution in [2.45, 2.75) is 131 Å². The third-order valence-corrected chi connectivity index (χ3v) is 24.1. The molecule has 0 amide bonds. The van der Waals surface area contributed by atoms with E-state index in [1.807, 2.05) is 99.6 Å². The van der Waals surface area contributed by atoms with Gasteiger partial charge in [-0.05, 0) is 196 Å². The normalized spacial score (nSPS) is 15.1. The lowest BCUT2D eigenvalue weighted by molar-refractivity contribution is 0.569. The molecule has 0 atom stereocenters. The van der Waals surface area contributed by atoms with Crippen LogP contribution in [0.4, 0.5) is 34.1 Å². The molecule has 7 nitrogen and oxygen atoms in total. The lowest BCUT2D eigenvalue weighted by atomic mass is 9.33. The average Bonchev–Trinajstić information content (AvgIpc) is 1.59. The first-order valence-electron chi connectivity index (χ1n) is 50.4. The SMILES string of the molecule is [2H]c1c([2H])c([2H])c(-c2nc(-c3cc(C(C)(C)C)cc(-c4ccccc4)c3N3c4cc(-n5c6c([2H])c([2H])c([2H])c([2H])c6c6c([2H])c([2H])c([2H])c([2H])c65)ccc4B4c5ccc(-c6cc(C(C)(C)C)cc(C(C)(C)C)c6)cc5N(c5ccc(-c6ccccc6)cc5-c5ccccc5)c5cc(-n6c7ccc(C(C)(C)C)cc7c7cc(C(C)(C)C)ccc76)cc3c54)nc(-c3c([2H])c([2H])c([2H])c([2H])c3[2H])n2)c([2H])c1[2H]. The largest absolute Gasteiger partial charge is 0.311 e. The van der Waals surface area contributed by atoms with E-state index in [9.17, 15) is 21.9 Å². The van der Waals surface area contributed by atoms with Crippen molar-refractivity contribution in [2.75, 3.05) is 9.80 Å². The molecule has 3 aromatic heterocycles. The molecule has 0 saturated carbocycles. The van der Waals surface area contributed by atoms with Gasteiger partial charge in [-0.15, -0.1) is 0 Å². The van der Waals surface area contributed by atoms with Crippen LogP contribution in [-0.4, -0.2) is 30.8 Å². The summed E-state index contributed by atoms with van der Waals surface area (Å²) in [4.78, 5) is 20.3. The highest BCUT2D eigenvalue weighted by atomic mass is 15.2. The minimum atomic E-state index is -0.815. The van der Waals surface area contributed by atoms with Crippen molar-refractivity contribution in [1.29, 1.82) is 0 Å². The van der Waals surface area contributed by atoms with Gasteiger partial charge >= 0.3 is 0 Å². The zero-order chi connectivity index (χ0) is 99.0. The van der Waals surface area contributed by atoms with Crippen LogP contribution in [0.25, 0.3) is 134 Å². The molecule has 0 unspecified atom stereocenters. The summed E-state index contributed by atoms with van der Waals surface area (Å²) >= 11 is 0. The standard InChI is InChI=1S/C113H100BN7/c1-109(2,3)79-51-57-98-90(64-79)91-65-80(110(4,5)6)52-58-99(91)119(98)85-69-102-104-103(70-85)121(105-89(73-39-25-18-26-40-73)66-83(113(13,14)15)67-92(105)108-116-106(74-41-27-19-28-42-74)115-107(117-108)75-43-29-20-30-44-75)101-68-84(118-95-47-33-31-45-86(95)87-46-32-34-48-96(87)118)53-55-94(101)114(104)93-54-49-77(78-59-81(111(7,8)9)63-82(60-78)112(10,11)12)62-100(93)120(102)97-56-50-76(71-35-21-16-22-36-71)61-88(97)72-37-23-17-24-38-72/h16-70H,1-15H3/i19D,20D,27D,28D,29D,30D,31D,32D,33D,34D,41D,42D,43D,44D,45D,46D,47D,48D. The Morgan fingerprint density at radius 2 is 0.678 bits per heavy atom. The second-order valence-corrected chi connectivity index (χ2v) is 37.2. The van der Waals surface area contributed by atoms with Crippen molar-refractivity contribution >= 4 is 101 Å². The number of benzene rings is 15. The van der Waals surface area contributed by atoms with Crippen molar-refractivity contribution in [2.24, 2.45) is 0 Å². The quantitative estimate of drug-likeness (QED) is 0.121. The first-order valence-corrected chi connectivity index (χ1v) is 41.4. The molecule has 590 valence electrons. The fourth-order valence-corrected chi connectivity index (χ4v) is 17.6. The van der Waals surface area contributed by atoms with Crippen LogP contribution in [0.2, 0.25) is 0 Å². The molecule has 0 fully saturated rings. The van der Waals surface area contributed by atoms with E-state index in [2.05, 4.69) is 243 Å². The van der Waals surface area contributed by atoms with E-state index < -0.39 is 144 Å². The Labute approximate surface area is 737 Å². The second kappa shape index (κ2) is 28.7. The third kappa shape index (κ3) is 13.3. The summed E-state index contributed by atoms with van der Waals surface area (Å²) in [5.74, 6) is -1.26. The molecule has 18 aromatic rings. The summed E-state index contributed by atoms with van der Waals surface area (Å²) in [7, 11) is 0. The van der Waals surface area contributed by atoms with Gasteiger partial charge in [-0.25, -0.2) is 15.0 Å². The molecule has 8 heteroatoms. The first-order chi connectivity index (χ1) is 65.6. The van der Waals surface area contributed by atoms with Gasteiger partial charge in [0.25, 0.3) is 6.71 Å². The second-order valence-electron chi connectivity index (χ2n) is 37.2. The number of nitrogens with zero attached hydrogens (tertiary/aromatic N) is 7. The summed E-state index contributed by atoms with van der Waals surface area (Å²) in [5, 5.41) is 1.68. The molecule has 0 spiro atoms. The molecule has 0 saturated heterocycles. The third-order valence-electron chi connectivity index (χ3n) is 24.1. The van der Waals surface area contributed by atoms with E-state index in [4.69, 9.17) is 17.7 Å². The zero-order valence-corrected chi connectivity index (χ0v) is 70.6. The molecule has 0 radical (unpaired) electrons. The van der Waals surface area contributed by atoms with Gasteiger partial charge in [-0.3, -0.25) is 0 Å². The van der Waals surface area contributed by atoms with Gasteiger partial charge < -0.3 is 18.9 Å². The Bertz CT molecular complexity index is 8000. The number of anilines is 6. The number of hydrogen-bond acceptors (Lipinski definition) is 5. The molecule has 2 aliphatic rings. The van der Waals surface area contributed by atoms with Crippen LogP contribution in [0.15, 0.2) is 333 Å². The van der Waals surface area contributed by atoms with E-state index in [0.29, 0.717) is 50.6 Å². The maximum atomic E-state index is 10.1. The van der Waals surface area contributed by atoms with Crippen molar-refractivity contribution < 1.29 is 24.7 Å². The van der Waals surface area contributed by atoms with E-state index >= 15 is 0 Å². The zero-order valence-electron chi connectivity index (χ0n) is 88.6. The van der Waals surface area contributed by atoms with Crippen LogP contribution in [0.5, 0.6) is 0 Å². The highest BCUT2D eigenvalue weighted by Gasteiger charge is 2.46. The van der Waals surface area contributed by atoms with Gasteiger partial charge in [0, 0.05) is 77.8 Å². The van der Waals surface area contributed by atoms with Crippen LogP contribution in [0.1, 0.15) is 156 Å². The van der Waals surface area contributed by atoms with E-state index in [1.165, 1.54) is 4.57 Å². The number of fused-ring (bicyclic) bond motifs is 10. The van der Waals surface area contributed by atoms with E-state index in [1.54, 1.807) is 0 Å². The molecular weight excluding hydrogens is 1470 g/mol. The van der Waals surface area contributed by atoms with Gasteiger partial charge in [0.1, 0.15) is 0 Å². The Kier molecular flexibility index (Phi) is 13.8. The van der Waals surface area contributed by atoms with E-state index in [-0.39, 0.29) is 60.5 Å². The van der Waals surface area contributed by atoms with Gasteiger partial charge in [0.2, 0.25) is 0 Å². The van der Waals surface area contributed by atoms with Crippen molar-refractivity contribution in [3.8, 4) is 90.0 Å². The molecule has 20 rings (SSSR count). The molecule has 0 bridgehead atoms. The fraction of sp³-hybridized carbons (Fsp3) is 0.177. The first kappa shape index (κ1) is 58.5. The number of hydrogen-bond donors (Lipinski definition) is 0. The average molecular weight is 1590 g/mol. The monoisotopic (exact) mass is 1580 g/mol. The number of aromatic nitrogens is 5. The molecule has 0 aliphatic carbocycles. The van der Waals surface area contributed by atoms with Gasteiger partial charge in [-0.2, -0.15) is 0 Å². The van der Waals surface area contributed by atoms with E-state index in [0.717, 1.165) is 99.7 Å². The van der Waals surface area contributed by atoms with Crippen molar-refractivity contribution in [3.63, 3.8) is 0 Å². The van der Waals surface area contributed by atoms with Crippen LogP contribution in [0, 0.1) is 0 Å². The topological polar surface area (TPSA) is 55.0 Å². The van der Waals surface area contributed by atoms with Crippen LogP contribution >= 0.6 is 0 Å². The number of para-hydroxylation sites is 2. The van der Waals surface area contributed by atoms with Crippen LogP contribution in [-0.2, 0) is 27.1 Å². The minimum Gasteiger partial charge on any atom is -0.311 e. The summed E-state index contributed by atoms with van der Waals surface area (Å²) in [5.41, 5.74) is 17.3. The lowest BCUT2D eigenvalue weighted by Gasteiger charge is -2.46. The molecule has 0 N–H and O–H groups in total. The minimum absolute atomic E-state index is 0.134. The highest BCUT2D eigenvalue weighted by Crippen LogP contribution is 2.55. The highest BCUT2D eigenvalue weighted by molar-refractivity contribution is 7.00. The molecule has 121 heavy (non-hydrogen) atoms. The molecule has 5 heterocycles. The van der Waals surface area contributed by atoms with Gasteiger partial charge in [0.05, 0.1) is 63.8 Å². The summed E-state index contributed by atoms with van der Waals surface area (Å²) in [6, 6.07) is 66.7. The van der Waals surface area contributed by atoms with Gasteiger partial charge in [0.15, 0.2) is 17.5 Å². The Balaban J connectivity index is 1.04. The maximum Gasteiger partial charge on any atom is 0.252 e. The predicted octanol–water partition coefficient (Wildman–Crippen LogP) is 28.3. The fourth-order valence-electron chi connectivity index (χ4n) is 17.6. The van der Waals surface area contributed by atoms with Gasteiger partial charge in [-0.1, -0.05) is 346 Å². The van der Waals surface area contributed by atoms with Crippen molar-refractivity contribution in [3.05, 3.63) is 361 Å². The van der Waals surface area contributed by atoms with Crippen LogP contribution in [0.3, 0.4) is 0 Å². The maximum absolute atomic E-state index is 10.1. The van der Waals surface area contributed by atoms with Crippen molar-refractivity contribution in [1.82, 2.24) is 24.1 Å². The summed E-state index contributed by atoms with van der Waals surface area (Å²) < 4.78 is 175. The smallest absolute Gasteiger partial charge is 0.252 e. The predicted molar refractivity (Wildman–Crippen MR) is 514 cm³/mol. The Morgan fingerprint density at radius 3 is 1.21 bits per heavy atom. The van der Waals surface area contributed by atoms with Crippen LogP contribution < -0.4 is 26.2 Å². The Hall–Kier alpha value is -13.4. The lowest BCUT2D eigenvalue weighted by Crippen LogP contribution is -2.61. The molecule has 2 aliphatic heterocycles.